The molecule has 31 heavy (non-hydrogen) atoms. The second-order valence-electron chi connectivity index (χ2n) is 7.61. The van der Waals surface area contributed by atoms with Crippen molar-refractivity contribution in [3.63, 3.8) is 0 Å². The van der Waals surface area contributed by atoms with E-state index in [-0.39, 0.29) is 24.0 Å². The van der Waals surface area contributed by atoms with Gasteiger partial charge in [0.05, 0.1) is 13.0 Å². The van der Waals surface area contributed by atoms with Gasteiger partial charge in [0.2, 0.25) is 5.82 Å². The van der Waals surface area contributed by atoms with Gasteiger partial charge in [0.1, 0.15) is 0 Å². The molecule has 158 valence electrons. The van der Waals surface area contributed by atoms with Crippen molar-refractivity contribution in [2.45, 2.75) is 32.1 Å². The van der Waals surface area contributed by atoms with Crippen LogP contribution in [0.5, 0.6) is 5.75 Å². The van der Waals surface area contributed by atoms with Crippen molar-refractivity contribution < 1.29 is 23.6 Å². The summed E-state index contributed by atoms with van der Waals surface area (Å²) in [5.41, 5.74) is 4.37. The number of nitrogens with one attached hydrogen (secondary N) is 1. The number of nitrogens with zero attached hydrogens (tertiary/aromatic N) is 2. The number of aliphatic carboxylic acids is 1. The summed E-state index contributed by atoms with van der Waals surface area (Å²) in [7, 11) is 0. The molecule has 0 saturated heterocycles. The molecule has 0 saturated carbocycles. The highest BCUT2D eigenvalue weighted by atomic mass is 19.1. The van der Waals surface area contributed by atoms with Crippen molar-refractivity contribution >= 4 is 16.9 Å². The third-order valence-electron chi connectivity index (χ3n) is 5.67. The monoisotopic (exact) mass is 421 g/mol. The molecule has 0 amide bonds. The number of aryl methyl sites for hydroxylation is 1. The Balaban J connectivity index is 1.46. The summed E-state index contributed by atoms with van der Waals surface area (Å²) in [4.78, 5) is 19.0. The molecule has 0 aliphatic heterocycles. The van der Waals surface area contributed by atoms with Gasteiger partial charge < -0.3 is 19.4 Å². The van der Waals surface area contributed by atoms with Crippen LogP contribution in [0.25, 0.3) is 33.7 Å². The van der Waals surface area contributed by atoms with E-state index in [2.05, 4.69) is 15.1 Å². The Morgan fingerprint density at radius 2 is 2.13 bits per heavy atom. The van der Waals surface area contributed by atoms with E-state index in [1.165, 1.54) is 6.07 Å². The van der Waals surface area contributed by atoms with Gasteiger partial charge >= 0.3 is 5.97 Å². The van der Waals surface area contributed by atoms with E-state index in [0.29, 0.717) is 18.0 Å². The lowest BCUT2D eigenvalue weighted by molar-refractivity contribution is -0.137. The Hall–Kier alpha value is -3.68. The van der Waals surface area contributed by atoms with E-state index in [1.54, 1.807) is 19.1 Å². The van der Waals surface area contributed by atoms with Gasteiger partial charge in [-0.2, -0.15) is 4.98 Å². The number of hydrogen-bond donors (Lipinski definition) is 2. The first-order valence-corrected chi connectivity index (χ1v) is 10.2. The molecule has 2 aromatic heterocycles. The first-order valence-electron chi connectivity index (χ1n) is 10.2. The van der Waals surface area contributed by atoms with Crippen LogP contribution in [0.15, 0.2) is 40.9 Å². The van der Waals surface area contributed by atoms with Gasteiger partial charge in [0, 0.05) is 33.6 Å². The van der Waals surface area contributed by atoms with Gasteiger partial charge in [-0.3, -0.25) is 4.79 Å². The van der Waals surface area contributed by atoms with Gasteiger partial charge in [-0.1, -0.05) is 5.16 Å². The van der Waals surface area contributed by atoms with E-state index in [1.807, 2.05) is 18.2 Å². The molecule has 2 N–H and O–H groups in total. The molecule has 2 heterocycles. The molecule has 8 heteroatoms. The molecule has 0 bridgehead atoms. The maximum atomic E-state index is 14.2. The largest absolute Gasteiger partial charge is 0.491 e. The number of aromatic amines is 1. The zero-order valence-electron chi connectivity index (χ0n) is 16.8. The number of ether oxygens (including phenoxy) is 1. The second-order valence-corrected chi connectivity index (χ2v) is 7.61. The normalized spacial score (nSPS) is 15.4. The number of benzene rings is 2. The number of carbonyl (C=O) groups is 1. The van der Waals surface area contributed by atoms with Crippen LogP contribution in [0.1, 0.15) is 36.9 Å². The van der Waals surface area contributed by atoms with Crippen LogP contribution in [0, 0.1) is 5.82 Å². The first kappa shape index (κ1) is 19.3. The van der Waals surface area contributed by atoms with Crippen molar-refractivity contribution in [2.75, 3.05) is 6.61 Å². The molecule has 2 aromatic carbocycles. The lowest BCUT2D eigenvalue weighted by Gasteiger charge is -2.05. The summed E-state index contributed by atoms with van der Waals surface area (Å²) in [6, 6.07) is 10.3. The molecule has 5 rings (SSSR count). The van der Waals surface area contributed by atoms with Gasteiger partial charge in [-0.05, 0) is 61.7 Å². The smallest absolute Gasteiger partial charge is 0.304 e. The summed E-state index contributed by atoms with van der Waals surface area (Å²) in [5.74, 6) is -0.464. The van der Waals surface area contributed by atoms with Crippen LogP contribution in [0.4, 0.5) is 4.39 Å². The SMILES string of the molecule is CCOc1ccc(-c2nc(-c3ccc4[nH]c5c(c4c3)CCC5CC(=O)O)no2)cc1F. The molecule has 1 aliphatic carbocycles. The zero-order chi connectivity index (χ0) is 21.5. The minimum absolute atomic E-state index is 0.00897. The zero-order valence-corrected chi connectivity index (χ0v) is 16.8. The average Bonchev–Trinajstić information content (AvgIpc) is 3.45. The molecule has 0 spiro atoms. The van der Waals surface area contributed by atoms with E-state index < -0.39 is 11.8 Å². The Labute approximate surface area is 176 Å². The summed E-state index contributed by atoms with van der Waals surface area (Å²) in [5, 5.41) is 14.3. The Bertz CT molecular complexity index is 1290. The quantitative estimate of drug-likeness (QED) is 0.458. The van der Waals surface area contributed by atoms with Crippen molar-refractivity contribution in [1.82, 2.24) is 15.1 Å². The number of rotatable bonds is 6. The molecule has 1 unspecified atom stereocenters. The maximum Gasteiger partial charge on any atom is 0.304 e. The molecule has 0 fully saturated rings. The van der Waals surface area contributed by atoms with Crippen LogP contribution in [0.3, 0.4) is 0 Å². The average molecular weight is 421 g/mol. The van der Waals surface area contributed by atoms with Gasteiger partial charge in [0.15, 0.2) is 11.6 Å². The third-order valence-corrected chi connectivity index (χ3v) is 5.67. The Morgan fingerprint density at radius 3 is 2.90 bits per heavy atom. The first-order chi connectivity index (χ1) is 15.0. The molecule has 1 aliphatic rings. The minimum atomic E-state index is -0.790. The van der Waals surface area contributed by atoms with Crippen LogP contribution in [-0.2, 0) is 11.2 Å². The van der Waals surface area contributed by atoms with Crippen LogP contribution in [0.2, 0.25) is 0 Å². The topological polar surface area (TPSA) is 101 Å². The molecular formula is C23H20FN3O4. The maximum absolute atomic E-state index is 14.2. The summed E-state index contributed by atoms with van der Waals surface area (Å²) in [6.45, 7) is 2.17. The number of halogens is 1. The number of hydrogen-bond acceptors (Lipinski definition) is 5. The predicted molar refractivity (Wildman–Crippen MR) is 111 cm³/mol. The van der Waals surface area contributed by atoms with Crippen molar-refractivity contribution in [3.05, 3.63) is 53.5 Å². The second kappa shape index (κ2) is 7.54. The van der Waals surface area contributed by atoms with E-state index in [9.17, 15) is 9.18 Å². The number of fused-ring (bicyclic) bond motifs is 3. The fourth-order valence-corrected chi connectivity index (χ4v) is 4.27. The lowest BCUT2D eigenvalue weighted by atomic mass is 10.0. The van der Waals surface area contributed by atoms with Gasteiger partial charge in [-0.25, -0.2) is 4.39 Å². The minimum Gasteiger partial charge on any atom is -0.491 e. The molecule has 7 nitrogen and oxygen atoms in total. The molecular weight excluding hydrogens is 401 g/mol. The number of aromatic nitrogens is 3. The highest BCUT2D eigenvalue weighted by Gasteiger charge is 2.28. The standard InChI is InChI=1S/C23H20FN3O4/c1-2-30-19-8-5-14(10-17(19)24)23-26-22(27-31-23)13-4-7-18-16(9-13)15-6-3-12(11-20(28)29)21(15)25-18/h4-5,7-10,12,25H,2-3,6,11H2,1H3,(H,28,29). The fourth-order valence-electron chi connectivity index (χ4n) is 4.27. The number of carboxylic acids is 1. The Kier molecular flexibility index (Phi) is 4.69. The van der Waals surface area contributed by atoms with E-state index in [4.69, 9.17) is 14.4 Å². The van der Waals surface area contributed by atoms with Crippen molar-refractivity contribution in [1.29, 1.82) is 0 Å². The summed E-state index contributed by atoms with van der Waals surface area (Å²) < 4.78 is 24.8. The number of H-pyrrole nitrogens is 1. The highest BCUT2D eigenvalue weighted by Crippen LogP contribution is 2.40. The molecule has 4 aromatic rings. The lowest BCUT2D eigenvalue weighted by Crippen LogP contribution is -2.03. The number of carboxylic acid groups (broad SMARTS) is 1. The van der Waals surface area contributed by atoms with E-state index in [0.717, 1.165) is 40.6 Å². The van der Waals surface area contributed by atoms with Gasteiger partial charge in [0.25, 0.3) is 5.89 Å². The third kappa shape index (κ3) is 3.43. The highest BCUT2D eigenvalue weighted by molar-refractivity contribution is 5.89. The van der Waals surface area contributed by atoms with Crippen molar-refractivity contribution in [2.24, 2.45) is 0 Å². The van der Waals surface area contributed by atoms with Gasteiger partial charge in [-0.15, -0.1) is 0 Å². The fraction of sp³-hybridized carbons (Fsp3) is 0.261. The summed E-state index contributed by atoms with van der Waals surface area (Å²) in [6.07, 6.45) is 1.78. The van der Waals surface area contributed by atoms with E-state index >= 15 is 0 Å². The van der Waals surface area contributed by atoms with Crippen molar-refractivity contribution in [3.8, 4) is 28.6 Å². The Morgan fingerprint density at radius 1 is 1.29 bits per heavy atom. The predicted octanol–water partition coefficient (Wildman–Crippen LogP) is 4.93. The molecule has 1 atom stereocenters. The molecule has 0 radical (unpaired) electrons. The van der Waals surface area contributed by atoms with Crippen LogP contribution in [-0.4, -0.2) is 32.8 Å². The summed E-state index contributed by atoms with van der Waals surface area (Å²) >= 11 is 0. The van der Waals surface area contributed by atoms with Crippen LogP contribution >= 0.6 is 0 Å². The van der Waals surface area contributed by atoms with Crippen LogP contribution < -0.4 is 4.74 Å².